The van der Waals surface area contributed by atoms with Crippen LogP contribution in [0, 0.1) is 0 Å². The largest absolute Gasteiger partial charge is 0.384 e. The number of aromatic nitrogens is 1. The molecule has 0 saturated carbocycles. The standard InChI is InChI=1S/C14H19N3S/c1-11(2)17(10-13-4-3-7-18-13)9-12-5-6-16-14(15)8-12/h3-8,11H,9-10H2,1-2H3,(H2,15,16). The molecule has 4 heteroatoms. The van der Waals surface area contributed by atoms with E-state index >= 15 is 0 Å². The molecule has 0 atom stereocenters. The van der Waals surface area contributed by atoms with Crippen molar-refractivity contribution in [3.63, 3.8) is 0 Å². The topological polar surface area (TPSA) is 42.2 Å². The number of hydrogen-bond acceptors (Lipinski definition) is 4. The fourth-order valence-corrected chi connectivity index (χ4v) is 2.58. The second-order valence-electron chi connectivity index (χ2n) is 4.67. The zero-order valence-corrected chi connectivity index (χ0v) is 11.7. The summed E-state index contributed by atoms with van der Waals surface area (Å²) in [5.74, 6) is 0.590. The minimum Gasteiger partial charge on any atom is -0.384 e. The molecule has 0 radical (unpaired) electrons. The summed E-state index contributed by atoms with van der Waals surface area (Å²) in [6.45, 7) is 6.33. The van der Waals surface area contributed by atoms with Gasteiger partial charge in [0.1, 0.15) is 5.82 Å². The number of nitrogens with zero attached hydrogens (tertiary/aromatic N) is 2. The number of anilines is 1. The molecule has 96 valence electrons. The van der Waals surface area contributed by atoms with Gasteiger partial charge in [0.05, 0.1) is 0 Å². The van der Waals surface area contributed by atoms with Crippen LogP contribution in [0.4, 0.5) is 5.82 Å². The highest BCUT2D eigenvalue weighted by Crippen LogP contribution is 2.17. The van der Waals surface area contributed by atoms with Crippen LogP contribution in [0.1, 0.15) is 24.3 Å². The second kappa shape index (κ2) is 5.98. The summed E-state index contributed by atoms with van der Waals surface area (Å²) < 4.78 is 0. The Balaban J connectivity index is 2.07. The lowest BCUT2D eigenvalue weighted by Crippen LogP contribution is -2.29. The molecular formula is C14H19N3S. The Labute approximate surface area is 112 Å². The van der Waals surface area contributed by atoms with E-state index in [4.69, 9.17) is 5.73 Å². The van der Waals surface area contributed by atoms with Crippen molar-refractivity contribution in [3.8, 4) is 0 Å². The van der Waals surface area contributed by atoms with Crippen LogP contribution in [0.2, 0.25) is 0 Å². The Bertz CT molecular complexity index is 480. The van der Waals surface area contributed by atoms with E-state index in [2.05, 4.69) is 41.2 Å². The predicted molar refractivity (Wildman–Crippen MR) is 77.4 cm³/mol. The van der Waals surface area contributed by atoms with E-state index < -0.39 is 0 Å². The van der Waals surface area contributed by atoms with Crippen LogP contribution in [0.3, 0.4) is 0 Å². The van der Waals surface area contributed by atoms with Crippen molar-refractivity contribution in [1.82, 2.24) is 9.88 Å². The maximum atomic E-state index is 5.72. The van der Waals surface area contributed by atoms with E-state index in [1.54, 1.807) is 17.5 Å². The Morgan fingerprint density at radius 3 is 2.78 bits per heavy atom. The van der Waals surface area contributed by atoms with Gasteiger partial charge in [-0.2, -0.15) is 0 Å². The third kappa shape index (κ3) is 3.55. The van der Waals surface area contributed by atoms with E-state index in [-0.39, 0.29) is 0 Å². The van der Waals surface area contributed by atoms with Crippen LogP contribution in [0.25, 0.3) is 0 Å². The van der Waals surface area contributed by atoms with Crippen molar-refractivity contribution in [2.75, 3.05) is 5.73 Å². The minimum absolute atomic E-state index is 0.501. The number of thiophene rings is 1. The monoisotopic (exact) mass is 261 g/mol. The average Bonchev–Trinajstić information content (AvgIpc) is 2.81. The molecule has 0 aliphatic carbocycles. The first-order valence-corrected chi connectivity index (χ1v) is 7.00. The van der Waals surface area contributed by atoms with E-state index in [9.17, 15) is 0 Å². The van der Waals surface area contributed by atoms with E-state index in [0.29, 0.717) is 11.9 Å². The molecule has 2 aromatic heterocycles. The smallest absolute Gasteiger partial charge is 0.123 e. The highest BCUT2D eigenvalue weighted by Gasteiger charge is 2.11. The number of pyridine rings is 1. The normalized spacial score (nSPS) is 11.3. The molecule has 3 nitrogen and oxygen atoms in total. The van der Waals surface area contributed by atoms with Crippen LogP contribution in [-0.4, -0.2) is 15.9 Å². The Hall–Kier alpha value is -1.39. The lowest BCUT2D eigenvalue weighted by atomic mass is 10.2. The summed E-state index contributed by atoms with van der Waals surface area (Å²) in [4.78, 5) is 7.85. The van der Waals surface area contributed by atoms with E-state index in [1.165, 1.54) is 10.4 Å². The highest BCUT2D eigenvalue weighted by molar-refractivity contribution is 7.09. The molecule has 0 amide bonds. The quantitative estimate of drug-likeness (QED) is 0.899. The first-order chi connectivity index (χ1) is 8.65. The molecule has 0 aromatic carbocycles. The third-order valence-electron chi connectivity index (χ3n) is 2.90. The van der Waals surface area contributed by atoms with Crippen molar-refractivity contribution < 1.29 is 0 Å². The summed E-state index contributed by atoms with van der Waals surface area (Å²) in [5, 5.41) is 2.12. The van der Waals surface area contributed by atoms with Gasteiger partial charge in [0.25, 0.3) is 0 Å². The Kier molecular flexibility index (Phi) is 4.33. The van der Waals surface area contributed by atoms with Gasteiger partial charge < -0.3 is 5.73 Å². The maximum absolute atomic E-state index is 5.72. The van der Waals surface area contributed by atoms with Gasteiger partial charge in [0.2, 0.25) is 0 Å². The van der Waals surface area contributed by atoms with E-state index in [1.807, 2.05) is 12.1 Å². The molecule has 18 heavy (non-hydrogen) atoms. The minimum atomic E-state index is 0.501. The van der Waals surface area contributed by atoms with Gasteiger partial charge in [-0.3, -0.25) is 4.90 Å². The molecule has 0 saturated heterocycles. The molecule has 0 unspecified atom stereocenters. The van der Waals surface area contributed by atoms with Gasteiger partial charge in [-0.1, -0.05) is 6.07 Å². The van der Waals surface area contributed by atoms with Gasteiger partial charge in [-0.05, 0) is 43.0 Å². The van der Waals surface area contributed by atoms with Gasteiger partial charge in [0.15, 0.2) is 0 Å². The van der Waals surface area contributed by atoms with Crippen LogP contribution in [0.5, 0.6) is 0 Å². The predicted octanol–water partition coefficient (Wildman–Crippen LogP) is 3.14. The molecule has 2 heterocycles. The van der Waals surface area contributed by atoms with Gasteiger partial charge >= 0.3 is 0 Å². The van der Waals surface area contributed by atoms with Gasteiger partial charge in [0, 0.05) is 30.2 Å². The van der Waals surface area contributed by atoms with Crippen molar-refractivity contribution in [1.29, 1.82) is 0 Å². The Morgan fingerprint density at radius 2 is 2.17 bits per heavy atom. The lowest BCUT2D eigenvalue weighted by Gasteiger charge is -2.26. The third-order valence-corrected chi connectivity index (χ3v) is 3.76. The van der Waals surface area contributed by atoms with Crippen LogP contribution in [-0.2, 0) is 13.1 Å². The van der Waals surface area contributed by atoms with Crippen LogP contribution in [0.15, 0.2) is 35.8 Å². The molecule has 0 aliphatic rings. The van der Waals surface area contributed by atoms with Gasteiger partial charge in [-0.15, -0.1) is 11.3 Å². The number of hydrogen-bond donors (Lipinski definition) is 1. The zero-order chi connectivity index (χ0) is 13.0. The first-order valence-electron chi connectivity index (χ1n) is 6.12. The number of nitrogen functional groups attached to an aromatic ring is 1. The summed E-state index contributed by atoms with van der Waals surface area (Å²) in [7, 11) is 0. The Morgan fingerprint density at radius 1 is 1.33 bits per heavy atom. The SMILES string of the molecule is CC(C)N(Cc1ccnc(N)c1)Cc1cccs1. The van der Waals surface area contributed by atoms with E-state index in [0.717, 1.165) is 13.1 Å². The fourth-order valence-electron chi connectivity index (χ4n) is 1.85. The summed E-state index contributed by atoms with van der Waals surface area (Å²) in [6.07, 6.45) is 1.77. The summed E-state index contributed by atoms with van der Waals surface area (Å²) >= 11 is 1.80. The van der Waals surface area contributed by atoms with Crippen molar-refractivity contribution in [2.24, 2.45) is 0 Å². The maximum Gasteiger partial charge on any atom is 0.123 e. The lowest BCUT2D eigenvalue weighted by molar-refractivity contribution is 0.205. The molecule has 0 spiro atoms. The summed E-state index contributed by atoms with van der Waals surface area (Å²) in [6, 6.07) is 8.76. The second-order valence-corrected chi connectivity index (χ2v) is 5.70. The van der Waals surface area contributed by atoms with Crippen molar-refractivity contribution in [2.45, 2.75) is 33.0 Å². The summed E-state index contributed by atoms with van der Waals surface area (Å²) in [5.41, 5.74) is 6.93. The molecule has 0 fully saturated rings. The average molecular weight is 261 g/mol. The number of rotatable bonds is 5. The highest BCUT2D eigenvalue weighted by atomic mass is 32.1. The molecule has 2 aromatic rings. The first kappa shape index (κ1) is 13.1. The molecule has 2 N–H and O–H groups in total. The zero-order valence-electron chi connectivity index (χ0n) is 10.8. The van der Waals surface area contributed by atoms with Crippen LogP contribution < -0.4 is 5.73 Å². The molecule has 2 rings (SSSR count). The van der Waals surface area contributed by atoms with Crippen molar-refractivity contribution in [3.05, 3.63) is 46.3 Å². The number of nitrogens with two attached hydrogens (primary N) is 1. The fraction of sp³-hybridized carbons (Fsp3) is 0.357. The van der Waals surface area contributed by atoms with Gasteiger partial charge in [-0.25, -0.2) is 4.98 Å². The molecule has 0 bridgehead atoms. The van der Waals surface area contributed by atoms with Crippen LogP contribution >= 0.6 is 11.3 Å². The molecular weight excluding hydrogens is 242 g/mol. The van der Waals surface area contributed by atoms with Crippen molar-refractivity contribution >= 4 is 17.2 Å². The molecule has 0 aliphatic heterocycles.